The standard InChI is InChI=1S/C44H47N3O19/c1-2-16-8-19(15-47-40(16)45)22-12-20(11-21-4-3-6-46-21)44(39(58)35(56)34(55)38(66-44)42(61)64-43-36(57)32(53)33(54)37(63-43)41(59)60)65-27-14-26-29(31(52)28(22)27)23(49)13-25(62-26)18-9-17(5-7-48)30(51)24(50)10-18/h3-4,6,8-10,12-15,22,32-40,43,46-48,50-58H,2,5,7,11,45H2,1H3,(H,59,60). The van der Waals surface area contributed by atoms with Crippen LogP contribution in [0, 0.1) is 0 Å². The second kappa shape index (κ2) is 17.8. The van der Waals surface area contributed by atoms with Gasteiger partial charge in [0.15, 0.2) is 35.2 Å². The van der Waals surface area contributed by atoms with Crippen molar-refractivity contribution in [3.8, 4) is 34.3 Å². The summed E-state index contributed by atoms with van der Waals surface area (Å²) in [6.07, 6.45) is -14.5. The van der Waals surface area contributed by atoms with Gasteiger partial charge in [0.05, 0.1) is 6.17 Å². The van der Waals surface area contributed by atoms with Crippen molar-refractivity contribution in [3.05, 3.63) is 105 Å². The minimum atomic E-state index is -2.75. The van der Waals surface area contributed by atoms with E-state index in [1.165, 1.54) is 18.2 Å². The highest BCUT2D eigenvalue weighted by Crippen LogP contribution is 2.52. The molecule has 4 aliphatic heterocycles. The Morgan fingerprint density at radius 2 is 1.68 bits per heavy atom. The zero-order valence-corrected chi connectivity index (χ0v) is 34.7. The van der Waals surface area contributed by atoms with Gasteiger partial charge in [0.2, 0.25) is 6.29 Å². The lowest BCUT2D eigenvalue weighted by Crippen LogP contribution is -2.69. The van der Waals surface area contributed by atoms with Crippen LogP contribution in [0.4, 0.5) is 0 Å². The summed E-state index contributed by atoms with van der Waals surface area (Å²) in [5.74, 6) is -9.66. The number of nitrogens with two attached hydrogens (primary N) is 1. The molecule has 0 amide bonds. The SMILES string of the molecule is CCC1=CC(C2C=C(Cc3ccc[nH]3)C3(Oc4cc5oc(-c6cc(O)c(O)c(CCO)c6)cc(=O)c5c(O)c42)OC(C(=O)OC2OC(C(=O)O)C(O)C(O)C2O)C(O)C(O)C3O)=CNC1N. The fraction of sp³-hybridized carbons (Fsp3) is 0.386. The highest BCUT2D eigenvalue weighted by molar-refractivity contribution is 5.89. The molecule has 4 aliphatic rings. The van der Waals surface area contributed by atoms with E-state index in [2.05, 4.69) is 10.3 Å². The number of benzene rings is 2. The van der Waals surface area contributed by atoms with Gasteiger partial charge in [-0.3, -0.25) is 4.79 Å². The summed E-state index contributed by atoms with van der Waals surface area (Å²) in [6.45, 7) is 1.45. The number of fused-ring (bicyclic) bond motifs is 2. The molecule has 66 heavy (non-hydrogen) atoms. The van der Waals surface area contributed by atoms with Crippen molar-refractivity contribution in [3.63, 3.8) is 0 Å². The predicted octanol–water partition coefficient (Wildman–Crippen LogP) is -1.19. The number of carboxylic acids is 1. The number of aromatic nitrogens is 1. The zero-order chi connectivity index (χ0) is 47.5. The van der Waals surface area contributed by atoms with Crippen LogP contribution in [-0.2, 0) is 36.6 Å². The van der Waals surface area contributed by atoms with Crippen molar-refractivity contribution in [1.29, 1.82) is 0 Å². The van der Waals surface area contributed by atoms with Crippen LogP contribution in [0.3, 0.4) is 0 Å². The molecule has 0 radical (unpaired) electrons. The molecular formula is C44H47N3O19. The van der Waals surface area contributed by atoms with Crippen LogP contribution in [0.5, 0.6) is 23.0 Å². The minimum Gasteiger partial charge on any atom is -0.507 e. The quantitative estimate of drug-likeness (QED) is 0.0505. The highest BCUT2D eigenvalue weighted by atomic mass is 16.8. The molecule has 2 fully saturated rings. The molecule has 6 heterocycles. The smallest absolute Gasteiger partial charge is 0.340 e. The number of allylic oxidation sites excluding steroid dienone is 3. The number of hydrogen-bond donors (Lipinski definition) is 14. The fourth-order valence-electron chi connectivity index (χ4n) is 8.64. The summed E-state index contributed by atoms with van der Waals surface area (Å²) in [7, 11) is 0. The van der Waals surface area contributed by atoms with Gasteiger partial charge >= 0.3 is 11.9 Å². The maximum Gasteiger partial charge on any atom is 0.340 e. The molecule has 12 unspecified atom stereocenters. The number of aliphatic carboxylic acids is 1. The number of hydrogen-bond acceptors (Lipinski definition) is 20. The summed E-state index contributed by atoms with van der Waals surface area (Å²) in [6, 6.07) is 7.96. The van der Waals surface area contributed by atoms with Gasteiger partial charge in [-0.2, -0.15) is 0 Å². The van der Waals surface area contributed by atoms with Gasteiger partial charge in [-0.05, 0) is 48.3 Å². The second-order valence-corrected chi connectivity index (χ2v) is 16.3. The Hall–Kier alpha value is -6.31. The lowest BCUT2D eigenvalue weighted by molar-refractivity contribution is -0.325. The molecule has 1 spiro atoms. The van der Waals surface area contributed by atoms with Gasteiger partial charge in [0.1, 0.15) is 58.7 Å². The molecule has 352 valence electrons. The molecule has 2 saturated heterocycles. The zero-order valence-electron chi connectivity index (χ0n) is 34.7. The summed E-state index contributed by atoms with van der Waals surface area (Å²) in [5, 5.41) is 121. The molecule has 22 heteroatoms. The van der Waals surface area contributed by atoms with Crippen molar-refractivity contribution < 1.29 is 89.1 Å². The van der Waals surface area contributed by atoms with Gasteiger partial charge in [0, 0.05) is 71.4 Å². The molecule has 0 bridgehead atoms. The number of nitrogens with one attached hydrogen (secondary N) is 2. The van der Waals surface area contributed by atoms with Crippen LogP contribution in [0.1, 0.15) is 36.1 Å². The number of carbonyl (C=O) groups is 2. The average Bonchev–Trinajstić information content (AvgIpc) is 3.76. The van der Waals surface area contributed by atoms with Crippen molar-refractivity contribution in [2.75, 3.05) is 6.61 Å². The van der Waals surface area contributed by atoms with E-state index in [1.807, 2.05) is 6.92 Å². The first-order valence-electron chi connectivity index (χ1n) is 20.7. The number of carbonyl (C=O) groups excluding carboxylic acids is 1. The molecule has 8 rings (SSSR count). The number of dihydropyridines is 1. The van der Waals surface area contributed by atoms with Crippen LogP contribution >= 0.6 is 0 Å². The molecule has 2 aromatic heterocycles. The Morgan fingerprint density at radius 1 is 0.939 bits per heavy atom. The average molecular weight is 922 g/mol. The van der Waals surface area contributed by atoms with Crippen molar-refractivity contribution in [1.82, 2.24) is 10.3 Å². The predicted molar refractivity (Wildman–Crippen MR) is 223 cm³/mol. The third-order valence-corrected chi connectivity index (χ3v) is 12.2. The van der Waals surface area contributed by atoms with E-state index in [0.29, 0.717) is 23.3 Å². The lowest BCUT2D eigenvalue weighted by Gasteiger charge is -2.48. The maximum atomic E-state index is 14.1. The molecular weight excluding hydrogens is 874 g/mol. The van der Waals surface area contributed by atoms with Crippen LogP contribution in [0.25, 0.3) is 22.3 Å². The summed E-state index contributed by atoms with van der Waals surface area (Å²) in [4.78, 5) is 43.0. The molecule has 15 N–H and O–H groups in total. The normalized spacial score (nSPS) is 30.9. The van der Waals surface area contributed by atoms with Crippen molar-refractivity contribution >= 4 is 22.9 Å². The van der Waals surface area contributed by atoms with E-state index >= 15 is 0 Å². The first kappa shape index (κ1) is 46.2. The number of aliphatic hydroxyl groups is 7. The summed E-state index contributed by atoms with van der Waals surface area (Å²) >= 11 is 0. The molecule has 0 saturated carbocycles. The number of esters is 1. The molecule has 12 atom stereocenters. The number of aromatic hydroxyl groups is 3. The Kier molecular flexibility index (Phi) is 12.5. The third kappa shape index (κ3) is 7.95. The summed E-state index contributed by atoms with van der Waals surface area (Å²) < 4.78 is 29.4. The largest absolute Gasteiger partial charge is 0.507 e. The molecule has 0 aliphatic carbocycles. The Balaban J connectivity index is 1.32. The van der Waals surface area contributed by atoms with E-state index in [-0.39, 0.29) is 57.6 Å². The van der Waals surface area contributed by atoms with Gasteiger partial charge in [0.25, 0.3) is 5.79 Å². The Morgan fingerprint density at radius 3 is 2.36 bits per heavy atom. The van der Waals surface area contributed by atoms with E-state index in [1.54, 1.807) is 30.6 Å². The second-order valence-electron chi connectivity index (χ2n) is 16.3. The Bertz CT molecular complexity index is 2700. The lowest BCUT2D eigenvalue weighted by atomic mass is 9.81. The number of H-pyrrole nitrogens is 1. The van der Waals surface area contributed by atoms with Crippen LogP contribution in [0.15, 0.2) is 86.9 Å². The number of carboxylic acid groups (broad SMARTS) is 1. The first-order chi connectivity index (χ1) is 31.4. The Labute approximate surface area is 372 Å². The topological polar surface area (TPSA) is 378 Å². The number of ether oxygens (including phenoxy) is 4. The van der Waals surface area contributed by atoms with Gasteiger partial charge < -0.3 is 95.6 Å². The number of aliphatic hydroxyl groups excluding tert-OH is 7. The molecule has 2 aromatic carbocycles. The van der Waals surface area contributed by atoms with Crippen LogP contribution in [-0.4, -0.2) is 147 Å². The van der Waals surface area contributed by atoms with Crippen LogP contribution in [0.2, 0.25) is 0 Å². The van der Waals surface area contributed by atoms with Gasteiger partial charge in [-0.1, -0.05) is 19.1 Å². The molecule has 4 aromatic rings. The third-order valence-electron chi connectivity index (χ3n) is 12.2. The first-order valence-corrected chi connectivity index (χ1v) is 20.7. The van der Waals surface area contributed by atoms with E-state index < -0.39 is 114 Å². The van der Waals surface area contributed by atoms with Gasteiger partial charge in [-0.15, -0.1) is 0 Å². The number of phenols is 3. The highest BCUT2D eigenvalue weighted by Gasteiger charge is 2.61. The van der Waals surface area contributed by atoms with Crippen LogP contribution < -0.4 is 21.2 Å². The maximum absolute atomic E-state index is 14.1. The minimum absolute atomic E-state index is 0.0533. The van der Waals surface area contributed by atoms with Crippen molar-refractivity contribution in [2.45, 2.75) is 99.2 Å². The van der Waals surface area contributed by atoms with Gasteiger partial charge in [-0.25, -0.2) is 9.59 Å². The van der Waals surface area contributed by atoms with E-state index in [9.17, 15) is 70.6 Å². The number of phenolic OH excluding ortho intramolecular Hbond substituents is 3. The summed E-state index contributed by atoms with van der Waals surface area (Å²) in [5.41, 5.74) is 6.80. The number of rotatable bonds is 10. The van der Waals surface area contributed by atoms with Crippen molar-refractivity contribution in [2.24, 2.45) is 5.73 Å². The van der Waals surface area contributed by atoms with E-state index in [0.717, 1.165) is 12.1 Å². The monoisotopic (exact) mass is 921 g/mol. The number of aromatic amines is 1. The van der Waals surface area contributed by atoms with E-state index in [4.69, 9.17) is 29.1 Å². The molecule has 22 nitrogen and oxygen atoms in total. The fourth-order valence-corrected chi connectivity index (χ4v) is 8.64.